The first-order valence-electron chi connectivity index (χ1n) is 8.97. The van der Waals surface area contributed by atoms with Gasteiger partial charge < -0.3 is 0 Å². The summed E-state index contributed by atoms with van der Waals surface area (Å²) in [7, 11) is -3.68. The molecule has 0 fully saturated rings. The molecule has 0 aliphatic carbocycles. The van der Waals surface area contributed by atoms with Crippen LogP contribution in [0, 0.1) is 0 Å². The number of benzene rings is 3. The summed E-state index contributed by atoms with van der Waals surface area (Å²) in [5.41, 5.74) is 1.65. The van der Waals surface area contributed by atoms with Crippen LogP contribution < -0.4 is 9.60 Å². The molecule has 0 atom stereocenters. The minimum Gasteiger partial charge on any atom is -0.296 e. The highest BCUT2D eigenvalue weighted by atomic mass is 32.2. The molecule has 1 aromatic heterocycles. The summed E-state index contributed by atoms with van der Waals surface area (Å²) < 4.78 is 30.5. The smallest absolute Gasteiger partial charge is 0.296 e. The first kappa shape index (κ1) is 18.9. The van der Waals surface area contributed by atoms with Crippen LogP contribution in [0.25, 0.3) is 21.0 Å². The van der Waals surface area contributed by atoms with Crippen LogP contribution >= 0.6 is 11.3 Å². The van der Waals surface area contributed by atoms with E-state index in [4.69, 9.17) is 0 Å². The molecule has 0 bridgehead atoms. The van der Waals surface area contributed by atoms with E-state index in [-0.39, 0.29) is 22.4 Å². The van der Waals surface area contributed by atoms with Crippen LogP contribution in [-0.2, 0) is 16.6 Å². The van der Waals surface area contributed by atoms with Gasteiger partial charge in [0, 0.05) is 12.6 Å². The molecule has 0 amide bonds. The van der Waals surface area contributed by atoms with Gasteiger partial charge in [-0.2, -0.15) is 0 Å². The normalized spacial score (nSPS) is 12.2. The molecule has 5 nitrogen and oxygen atoms in total. The number of aromatic nitrogens is 1. The predicted octanol–water partition coefficient (Wildman–Crippen LogP) is 4.28. The highest BCUT2D eigenvalue weighted by Gasteiger charge is 2.17. The molecule has 0 saturated carbocycles. The Bertz CT molecular complexity index is 1330. The standard InChI is InChI=1S/C21H20N2O3S2/c1-14(2)23-19-10-9-18(12-20(19)27-21(23)24)28(25,26)22-13-15-7-8-16-5-3-4-6-17(16)11-15/h3-12,14,22H,13H2,1-2H3. The maximum atomic E-state index is 12.7. The predicted molar refractivity (Wildman–Crippen MR) is 114 cm³/mol. The van der Waals surface area contributed by atoms with Gasteiger partial charge in [0.1, 0.15) is 0 Å². The lowest BCUT2D eigenvalue weighted by atomic mass is 10.1. The van der Waals surface area contributed by atoms with Crippen LogP contribution in [0.15, 0.2) is 70.4 Å². The van der Waals surface area contributed by atoms with Gasteiger partial charge in [-0.25, -0.2) is 13.1 Å². The first-order chi connectivity index (χ1) is 13.3. The average molecular weight is 413 g/mol. The van der Waals surface area contributed by atoms with Gasteiger partial charge in [0.2, 0.25) is 10.0 Å². The van der Waals surface area contributed by atoms with Gasteiger partial charge in [0.25, 0.3) is 0 Å². The van der Waals surface area contributed by atoms with Crippen LogP contribution in [-0.4, -0.2) is 13.0 Å². The fourth-order valence-corrected chi connectivity index (χ4v) is 5.45. The molecule has 1 heterocycles. The topological polar surface area (TPSA) is 68.2 Å². The number of nitrogens with zero attached hydrogens (tertiary/aromatic N) is 1. The van der Waals surface area contributed by atoms with Crippen LogP contribution in [0.5, 0.6) is 0 Å². The Morgan fingerprint density at radius 2 is 1.75 bits per heavy atom. The van der Waals surface area contributed by atoms with E-state index >= 15 is 0 Å². The van der Waals surface area contributed by atoms with E-state index in [0.717, 1.165) is 33.2 Å². The molecule has 3 aromatic carbocycles. The maximum Gasteiger partial charge on any atom is 0.308 e. The lowest BCUT2D eigenvalue weighted by Crippen LogP contribution is -2.23. The van der Waals surface area contributed by atoms with E-state index in [2.05, 4.69) is 4.72 Å². The van der Waals surface area contributed by atoms with Gasteiger partial charge in [0.05, 0.1) is 15.1 Å². The molecule has 28 heavy (non-hydrogen) atoms. The Kier molecular flexibility index (Phi) is 4.82. The largest absolute Gasteiger partial charge is 0.308 e. The number of nitrogens with one attached hydrogen (secondary N) is 1. The van der Waals surface area contributed by atoms with Crippen molar-refractivity contribution in [3.05, 3.63) is 75.9 Å². The number of hydrogen-bond donors (Lipinski definition) is 1. The summed E-state index contributed by atoms with van der Waals surface area (Å²) in [5.74, 6) is 0. The van der Waals surface area contributed by atoms with Crippen molar-refractivity contribution in [2.24, 2.45) is 0 Å². The van der Waals surface area contributed by atoms with Crippen molar-refractivity contribution in [3.63, 3.8) is 0 Å². The van der Waals surface area contributed by atoms with Crippen molar-refractivity contribution in [2.45, 2.75) is 31.3 Å². The molecule has 0 saturated heterocycles. The Hall–Kier alpha value is -2.48. The molecule has 144 valence electrons. The second kappa shape index (κ2) is 7.16. The minimum absolute atomic E-state index is 0.0229. The van der Waals surface area contributed by atoms with Crippen LogP contribution in [0.1, 0.15) is 25.5 Å². The third kappa shape index (κ3) is 3.48. The number of thiazole rings is 1. The Morgan fingerprint density at radius 1 is 1.00 bits per heavy atom. The Morgan fingerprint density at radius 3 is 2.50 bits per heavy atom. The average Bonchev–Trinajstić information content (AvgIpc) is 3.01. The Balaban J connectivity index is 1.61. The fourth-order valence-electron chi connectivity index (χ4n) is 3.28. The second-order valence-electron chi connectivity index (χ2n) is 6.97. The zero-order valence-corrected chi connectivity index (χ0v) is 17.2. The van der Waals surface area contributed by atoms with Gasteiger partial charge in [-0.15, -0.1) is 0 Å². The molecule has 0 aliphatic rings. The summed E-state index contributed by atoms with van der Waals surface area (Å²) in [5, 5.41) is 2.18. The van der Waals surface area contributed by atoms with Crippen molar-refractivity contribution in [1.29, 1.82) is 0 Å². The zero-order valence-electron chi connectivity index (χ0n) is 15.5. The number of rotatable bonds is 5. The monoisotopic (exact) mass is 412 g/mol. The molecule has 1 N–H and O–H groups in total. The van der Waals surface area contributed by atoms with E-state index in [0.29, 0.717) is 4.70 Å². The minimum atomic E-state index is -3.68. The van der Waals surface area contributed by atoms with Crippen molar-refractivity contribution in [1.82, 2.24) is 9.29 Å². The molecule has 0 radical (unpaired) electrons. The van der Waals surface area contributed by atoms with Gasteiger partial charge in [0.15, 0.2) is 0 Å². The molecule has 4 rings (SSSR count). The SMILES string of the molecule is CC(C)n1c(=O)sc2cc(S(=O)(=O)NCc3ccc4ccccc4c3)ccc21. The van der Waals surface area contributed by atoms with Crippen molar-refractivity contribution in [2.75, 3.05) is 0 Å². The number of sulfonamides is 1. The van der Waals surface area contributed by atoms with Crippen molar-refractivity contribution >= 4 is 42.3 Å². The molecular weight excluding hydrogens is 392 g/mol. The summed E-state index contributed by atoms with van der Waals surface area (Å²) in [6.45, 7) is 4.07. The highest BCUT2D eigenvalue weighted by Crippen LogP contribution is 2.24. The van der Waals surface area contributed by atoms with Crippen molar-refractivity contribution in [3.8, 4) is 0 Å². The van der Waals surface area contributed by atoms with E-state index in [1.54, 1.807) is 22.8 Å². The molecular formula is C21H20N2O3S2. The molecule has 0 aliphatic heterocycles. The molecule has 0 unspecified atom stereocenters. The quantitative estimate of drug-likeness (QED) is 0.532. The Labute approximate surface area is 167 Å². The van der Waals surface area contributed by atoms with Crippen LogP contribution in [0.3, 0.4) is 0 Å². The van der Waals surface area contributed by atoms with E-state index in [1.165, 1.54) is 0 Å². The summed E-state index contributed by atoms with van der Waals surface area (Å²) >= 11 is 1.07. The fraction of sp³-hybridized carbons (Fsp3) is 0.190. The molecule has 0 spiro atoms. The zero-order chi connectivity index (χ0) is 19.9. The summed E-state index contributed by atoms with van der Waals surface area (Å²) in [4.78, 5) is 12.3. The number of hydrogen-bond acceptors (Lipinski definition) is 4. The van der Waals surface area contributed by atoms with E-state index < -0.39 is 10.0 Å². The van der Waals surface area contributed by atoms with Crippen LogP contribution in [0.2, 0.25) is 0 Å². The molecule has 4 aromatic rings. The number of fused-ring (bicyclic) bond motifs is 2. The van der Waals surface area contributed by atoms with Gasteiger partial charge in [-0.3, -0.25) is 9.36 Å². The summed E-state index contributed by atoms with van der Waals surface area (Å²) in [6.07, 6.45) is 0. The van der Waals surface area contributed by atoms with Crippen LogP contribution in [0.4, 0.5) is 0 Å². The van der Waals surface area contributed by atoms with E-state index in [9.17, 15) is 13.2 Å². The van der Waals surface area contributed by atoms with Gasteiger partial charge >= 0.3 is 4.87 Å². The van der Waals surface area contributed by atoms with Gasteiger partial charge in [-0.05, 0) is 54.4 Å². The first-order valence-corrected chi connectivity index (χ1v) is 11.3. The third-order valence-electron chi connectivity index (χ3n) is 4.69. The van der Waals surface area contributed by atoms with Crippen molar-refractivity contribution < 1.29 is 8.42 Å². The highest BCUT2D eigenvalue weighted by molar-refractivity contribution is 7.89. The van der Waals surface area contributed by atoms with Gasteiger partial charge in [-0.1, -0.05) is 47.7 Å². The van der Waals surface area contributed by atoms with E-state index in [1.807, 2.05) is 56.3 Å². The lowest BCUT2D eigenvalue weighted by molar-refractivity contribution is 0.581. The second-order valence-corrected chi connectivity index (χ2v) is 9.73. The molecule has 7 heteroatoms. The lowest BCUT2D eigenvalue weighted by Gasteiger charge is -2.09. The summed E-state index contributed by atoms with van der Waals surface area (Å²) in [6, 6.07) is 18.7. The maximum absolute atomic E-state index is 12.7. The third-order valence-corrected chi connectivity index (χ3v) is 7.01.